The largest absolute Gasteiger partial charge is 0.339 e. The first-order valence-corrected chi connectivity index (χ1v) is 6.61. The third-order valence-corrected chi connectivity index (χ3v) is 3.35. The van der Waals surface area contributed by atoms with Crippen molar-refractivity contribution >= 4 is 0 Å². The Hall–Kier alpha value is -1.64. The summed E-state index contributed by atoms with van der Waals surface area (Å²) < 4.78 is 12.2. The van der Waals surface area contributed by atoms with Crippen molar-refractivity contribution in [2.45, 2.75) is 31.8 Å². The summed E-state index contributed by atoms with van der Waals surface area (Å²) in [5.41, 5.74) is 2.31. The first kappa shape index (κ1) is 12.4. The van der Waals surface area contributed by atoms with Crippen molar-refractivity contribution in [1.82, 2.24) is 0 Å². The molecule has 3 rings (SSSR count). The molecule has 0 spiro atoms. The molecule has 0 radical (unpaired) electrons. The molecule has 0 saturated carbocycles. The lowest BCUT2D eigenvalue weighted by molar-refractivity contribution is -0.147. The Kier molecular flexibility index (Phi) is 3.13. The molecule has 98 valence electrons. The van der Waals surface area contributed by atoms with Crippen LogP contribution in [-0.2, 0) is 9.47 Å². The summed E-state index contributed by atoms with van der Waals surface area (Å²) in [5, 5.41) is 0. The minimum Gasteiger partial charge on any atom is -0.339 e. The molecule has 2 atom stereocenters. The van der Waals surface area contributed by atoms with Gasteiger partial charge in [0.1, 0.15) is 12.2 Å². The highest BCUT2D eigenvalue weighted by atomic mass is 16.7. The molecule has 0 aliphatic carbocycles. The zero-order valence-electron chi connectivity index (χ0n) is 11.2. The highest BCUT2D eigenvalue weighted by Gasteiger charge is 2.42. The van der Waals surface area contributed by atoms with Gasteiger partial charge < -0.3 is 9.47 Å². The van der Waals surface area contributed by atoms with Gasteiger partial charge >= 0.3 is 0 Å². The van der Waals surface area contributed by atoms with Gasteiger partial charge in [0.05, 0.1) is 0 Å². The molecule has 1 heterocycles. The van der Waals surface area contributed by atoms with E-state index in [1.165, 1.54) is 0 Å². The van der Waals surface area contributed by atoms with E-state index >= 15 is 0 Å². The zero-order chi connectivity index (χ0) is 13.3. The third kappa shape index (κ3) is 2.55. The monoisotopic (exact) mass is 254 g/mol. The van der Waals surface area contributed by atoms with Crippen LogP contribution in [0, 0.1) is 0 Å². The Morgan fingerprint density at radius 1 is 0.684 bits per heavy atom. The summed E-state index contributed by atoms with van der Waals surface area (Å²) >= 11 is 0. The zero-order valence-corrected chi connectivity index (χ0v) is 11.2. The predicted molar refractivity (Wildman–Crippen MR) is 74.6 cm³/mol. The molecule has 1 fully saturated rings. The molecule has 1 aliphatic heterocycles. The van der Waals surface area contributed by atoms with Gasteiger partial charge in [-0.1, -0.05) is 60.7 Å². The number of hydrogen-bond acceptors (Lipinski definition) is 2. The van der Waals surface area contributed by atoms with Gasteiger partial charge in [0.15, 0.2) is 5.79 Å². The smallest absolute Gasteiger partial charge is 0.164 e. The molecular formula is C17H18O2. The van der Waals surface area contributed by atoms with E-state index in [-0.39, 0.29) is 12.2 Å². The highest BCUT2D eigenvalue weighted by molar-refractivity contribution is 5.26. The average molecular weight is 254 g/mol. The van der Waals surface area contributed by atoms with E-state index in [2.05, 4.69) is 24.3 Å². The van der Waals surface area contributed by atoms with Crippen molar-refractivity contribution in [3.63, 3.8) is 0 Å². The van der Waals surface area contributed by atoms with Crippen LogP contribution < -0.4 is 0 Å². The summed E-state index contributed by atoms with van der Waals surface area (Å²) in [6.07, 6.45) is -0.114. The van der Waals surface area contributed by atoms with Gasteiger partial charge in [-0.15, -0.1) is 0 Å². The van der Waals surface area contributed by atoms with Crippen molar-refractivity contribution < 1.29 is 9.47 Å². The fraction of sp³-hybridized carbons (Fsp3) is 0.294. The number of rotatable bonds is 2. The minimum absolute atomic E-state index is 0.0569. The Morgan fingerprint density at radius 3 is 1.42 bits per heavy atom. The lowest BCUT2D eigenvalue weighted by Gasteiger charge is -2.17. The molecule has 2 aromatic carbocycles. The second kappa shape index (κ2) is 4.80. The van der Waals surface area contributed by atoms with Crippen LogP contribution in [0.4, 0.5) is 0 Å². The molecule has 2 nitrogen and oxygen atoms in total. The molecule has 0 bridgehead atoms. The van der Waals surface area contributed by atoms with E-state index < -0.39 is 5.79 Å². The molecule has 1 aliphatic rings. The molecule has 2 heteroatoms. The molecular weight excluding hydrogens is 236 g/mol. The number of hydrogen-bond donors (Lipinski definition) is 0. The van der Waals surface area contributed by atoms with Crippen LogP contribution in [-0.4, -0.2) is 5.79 Å². The summed E-state index contributed by atoms with van der Waals surface area (Å²) in [5.74, 6) is -0.555. The fourth-order valence-electron chi connectivity index (χ4n) is 2.53. The average Bonchev–Trinajstić information content (AvgIpc) is 2.77. The fourth-order valence-corrected chi connectivity index (χ4v) is 2.53. The first-order chi connectivity index (χ1) is 9.16. The molecule has 19 heavy (non-hydrogen) atoms. The normalized spacial score (nSPS) is 25.4. The van der Waals surface area contributed by atoms with Crippen molar-refractivity contribution in [3.8, 4) is 0 Å². The van der Waals surface area contributed by atoms with Gasteiger partial charge in [0.2, 0.25) is 0 Å². The van der Waals surface area contributed by atoms with Gasteiger partial charge in [0.25, 0.3) is 0 Å². The van der Waals surface area contributed by atoms with E-state index in [4.69, 9.17) is 9.47 Å². The Bertz CT molecular complexity index is 484. The van der Waals surface area contributed by atoms with Crippen LogP contribution in [0.1, 0.15) is 37.2 Å². The van der Waals surface area contributed by atoms with Gasteiger partial charge in [-0.05, 0) is 25.0 Å². The highest BCUT2D eigenvalue weighted by Crippen LogP contribution is 2.46. The van der Waals surface area contributed by atoms with Crippen LogP contribution in [0.2, 0.25) is 0 Å². The van der Waals surface area contributed by atoms with Crippen LogP contribution in [0.25, 0.3) is 0 Å². The molecule has 0 amide bonds. The SMILES string of the molecule is CC1(C)OC(c2ccccc2)C(c2ccccc2)O1. The van der Waals surface area contributed by atoms with Crippen LogP contribution in [0.3, 0.4) is 0 Å². The lowest BCUT2D eigenvalue weighted by atomic mass is 9.99. The van der Waals surface area contributed by atoms with Gasteiger partial charge in [-0.3, -0.25) is 0 Å². The molecule has 2 unspecified atom stereocenters. The van der Waals surface area contributed by atoms with Crippen LogP contribution in [0.5, 0.6) is 0 Å². The van der Waals surface area contributed by atoms with Crippen molar-refractivity contribution in [2.24, 2.45) is 0 Å². The van der Waals surface area contributed by atoms with E-state index in [9.17, 15) is 0 Å². The maximum Gasteiger partial charge on any atom is 0.164 e. The molecule has 0 aromatic heterocycles. The maximum atomic E-state index is 6.08. The number of benzene rings is 2. The lowest BCUT2D eigenvalue weighted by Crippen LogP contribution is -2.20. The van der Waals surface area contributed by atoms with E-state index in [1.54, 1.807) is 0 Å². The van der Waals surface area contributed by atoms with Crippen molar-refractivity contribution in [2.75, 3.05) is 0 Å². The minimum atomic E-state index is -0.555. The van der Waals surface area contributed by atoms with E-state index in [1.807, 2.05) is 50.2 Å². The van der Waals surface area contributed by atoms with Crippen molar-refractivity contribution in [3.05, 3.63) is 71.8 Å². The predicted octanol–water partition coefficient (Wildman–Crippen LogP) is 4.25. The second-order valence-electron chi connectivity index (χ2n) is 5.30. The van der Waals surface area contributed by atoms with E-state index in [0.29, 0.717) is 0 Å². The summed E-state index contributed by atoms with van der Waals surface area (Å²) in [7, 11) is 0. The van der Waals surface area contributed by atoms with Crippen LogP contribution in [0.15, 0.2) is 60.7 Å². The maximum absolute atomic E-state index is 6.08. The number of ether oxygens (including phenoxy) is 2. The Balaban J connectivity index is 1.97. The quantitative estimate of drug-likeness (QED) is 0.797. The van der Waals surface area contributed by atoms with Gasteiger partial charge in [0, 0.05) is 0 Å². The van der Waals surface area contributed by atoms with Crippen LogP contribution >= 0.6 is 0 Å². The second-order valence-corrected chi connectivity index (χ2v) is 5.30. The van der Waals surface area contributed by atoms with E-state index in [0.717, 1.165) is 11.1 Å². The Morgan fingerprint density at radius 2 is 1.05 bits per heavy atom. The standard InChI is InChI=1S/C17H18O2/c1-17(2)18-15(13-9-5-3-6-10-13)16(19-17)14-11-7-4-8-12-14/h3-12,15-16H,1-2H3. The first-order valence-electron chi connectivity index (χ1n) is 6.61. The molecule has 0 N–H and O–H groups in total. The molecule has 1 saturated heterocycles. The Labute approximate surface area is 114 Å². The van der Waals surface area contributed by atoms with Gasteiger partial charge in [-0.25, -0.2) is 0 Å². The molecule has 2 aromatic rings. The summed E-state index contributed by atoms with van der Waals surface area (Å²) in [6, 6.07) is 20.5. The van der Waals surface area contributed by atoms with Gasteiger partial charge in [-0.2, -0.15) is 0 Å². The topological polar surface area (TPSA) is 18.5 Å². The summed E-state index contributed by atoms with van der Waals surface area (Å²) in [6.45, 7) is 3.93. The third-order valence-electron chi connectivity index (χ3n) is 3.35. The van der Waals surface area contributed by atoms with Crippen molar-refractivity contribution in [1.29, 1.82) is 0 Å². The summed E-state index contributed by atoms with van der Waals surface area (Å²) in [4.78, 5) is 0.